The van der Waals surface area contributed by atoms with Gasteiger partial charge in [0.1, 0.15) is 0 Å². The van der Waals surface area contributed by atoms with Crippen molar-refractivity contribution in [2.45, 2.75) is 65.1 Å². The Bertz CT molecular complexity index is 340. The predicted octanol–water partition coefficient (Wildman–Crippen LogP) is 1.45. The zero-order chi connectivity index (χ0) is 14.2. The molecule has 2 aliphatic heterocycles. The Labute approximate surface area is 117 Å². The number of piperidine rings is 2. The van der Waals surface area contributed by atoms with E-state index in [2.05, 4.69) is 32.6 Å². The second kappa shape index (κ2) is 5.41. The Morgan fingerprint density at radius 2 is 1.95 bits per heavy atom. The molecule has 19 heavy (non-hydrogen) atoms. The minimum atomic E-state index is 0.0860. The number of carbonyl (C=O) groups is 1. The molecule has 0 aromatic heterocycles. The fourth-order valence-electron chi connectivity index (χ4n) is 3.41. The quantitative estimate of drug-likeness (QED) is 0.824. The van der Waals surface area contributed by atoms with Crippen molar-refractivity contribution in [2.24, 2.45) is 11.1 Å². The van der Waals surface area contributed by atoms with Gasteiger partial charge in [-0.25, -0.2) is 0 Å². The average Bonchev–Trinajstić information content (AvgIpc) is 2.32. The summed E-state index contributed by atoms with van der Waals surface area (Å²) in [5.41, 5.74) is 6.30. The van der Waals surface area contributed by atoms with E-state index in [4.69, 9.17) is 5.73 Å². The molecule has 0 aromatic rings. The smallest absolute Gasteiger partial charge is 0.240 e. The van der Waals surface area contributed by atoms with Crippen LogP contribution >= 0.6 is 0 Å². The molecule has 0 aliphatic carbocycles. The highest BCUT2D eigenvalue weighted by atomic mass is 16.2. The summed E-state index contributed by atoms with van der Waals surface area (Å²) >= 11 is 0. The number of nitrogens with two attached hydrogens (primary N) is 1. The van der Waals surface area contributed by atoms with E-state index in [1.165, 1.54) is 0 Å². The van der Waals surface area contributed by atoms with Crippen LogP contribution in [-0.4, -0.2) is 53.5 Å². The molecular formula is C15H29N3O. The van der Waals surface area contributed by atoms with E-state index in [1.807, 2.05) is 4.90 Å². The Kier molecular flexibility index (Phi) is 4.21. The first-order chi connectivity index (χ1) is 8.83. The maximum absolute atomic E-state index is 12.6. The van der Waals surface area contributed by atoms with Crippen LogP contribution in [0.3, 0.4) is 0 Å². The van der Waals surface area contributed by atoms with Gasteiger partial charge >= 0.3 is 0 Å². The van der Waals surface area contributed by atoms with Gasteiger partial charge in [-0.15, -0.1) is 0 Å². The maximum Gasteiger partial charge on any atom is 0.240 e. The minimum Gasteiger partial charge on any atom is -0.339 e. The summed E-state index contributed by atoms with van der Waals surface area (Å²) in [4.78, 5) is 17.0. The fraction of sp³-hybridized carbons (Fsp3) is 0.933. The lowest BCUT2D eigenvalue weighted by atomic mass is 9.79. The lowest BCUT2D eigenvalue weighted by molar-refractivity contribution is -0.143. The molecule has 2 aliphatic rings. The van der Waals surface area contributed by atoms with Gasteiger partial charge in [0.05, 0.1) is 6.04 Å². The van der Waals surface area contributed by atoms with Gasteiger partial charge in [0, 0.05) is 31.7 Å². The highest BCUT2D eigenvalue weighted by Gasteiger charge is 2.40. The first-order valence-electron chi connectivity index (χ1n) is 7.63. The van der Waals surface area contributed by atoms with Crippen LogP contribution in [0.4, 0.5) is 0 Å². The van der Waals surface area contributed by atoms with Crippen LogP contribution in [0.15, 0.2) is 0 Å². The van der Waals surface area contributed by atoms with Crippen molar-refractivity contribution in [3.8, 4) is 0 Å². The molecule has 4 heteroatoms. The molecule has 2 N–H and O–H groups in total. The van der Waals surface area contributed by atoms with E-state index < -0.39 is 0 Å². The van der Waals surface area contributed by atoms with Crippen molar-refractivity contribution >= 4 is 5.91 Å². The molecule has 2 unspecified atom stereocenters. The number of hydrogen-bond donors (Lipinski definition) is 1. The standard InChI is InChI=1S/C15H29N3O/c1-11(2)18-8-5-6-12(14(18)19)17-9-7-13(16)15(3,4)10-17/h11-13H,5-10,16H2,1-4H3. The average molecular weight is 267 g/mol. The zero-order valence-corrected chi connectivity index (χ0v) is 12.9. The van der Waals surface area contributed by atoms with Crippen molar-refractivity contribution in [1.82, 2.24) is 9.80 Å². The van der Waals surface area contributed by atoms with Crippen LogP contribution in [0.25, 0.3) is 0 Å². The van der Waals surface area contributed by atoms with E-state index in [1.54, 1.807) is 0 Å². The summed E-state index contributed by atoms with van der Waals surface area (Å²) in [6.45, 7) is 11.5. The molecular weight excluding hydrogens is 238 g/mol. The number of hydrogen-bond acceptors (Lipinski definition) is 3. The Hall–Kier alpha value is -0.610. The summed E-state index contributed by atoms with van der Waals surface area (Å²) in [5, 5.41) is 0. The number of nitrogens with zero attached hydrogens (tertiary/aromatic N) is 2. The van der Waals surface area contributed by atoms with Gasteiger partial charge in [0.25, 0.3) is 0 Å². The van der Waals surface area contributed by atoms with Crippen molar-refractivity contribution in [1.29, 1.82) is 0 Å². The fourth-order valence-corrected chi connectivity index (χ4v) is 3.41. The number of amides is 1. The third-order valence-corrected chi connectivity index (χ3v) is 4.85. The summed E-state index contributed by atoms with van der Waals surface area (Å²) in [6, 6.07) is 0.655. The third-order valence-electron chi connectivity index (χ3n) is 4.85. The first-order valence-corrected chi connectivity index (χ1v) is 7.63. The molecule has 0 spiro atoms. The zero-order valence-electron chi connectivity index (χ0n) is 12.9. The SMILES string of the molecule is CC(C)N1CCCC(N2CCC(N)C(C)(C)C2)C1=O. The van der Waals surface area contributed by atoms with Crippen LogP contribution in [0.1, 0.15) is 47.0 Å². The minimum absolute atomic E-state index is 0.0860. The molecule has 2 rings (SSSR count). The van der Waals surface area contributed by atoms with E-state index in [9.17, 15) is 4.79 Å². The molecule has 2 atom stereocenters. The van der Waals surface area contributed by atoms with Gasteiger partial charge in [-0.3, -0.25) is 9.69 Å². The Balaban J connectivity index is 2.07. The van der Waals surface area contributed by atoms with E-state index in [0.717, 1.165) is 38.9 Å². The first kappa shape index (κ1) is 14.8. The van der Waals surface area contributed by atoms with Crippen molar-refractivity contribution in [2.75, 3.05) is 19.6 Å². The predicted molar refractivity (Wildman–Crippen MR) is 77.8 cm³/mol. The summed E-state index contributed by atoms with van der Waals surface area (Å²) < 4.78 is 0. The van der Waals surface area contributed by atoms with Gasteiger partial charge in [-0.05, 0) is 38.5 Å². The molecule has 0 bridgehead atoms. The molecule has 2 fully saturated rings. The lowest BCUT2D eigenvalue weighted by Crippen LogP contribution is -2.60. The molecule has 2 saturated heterocycles. The lowest BCUT2D eigenvalue weighted by Gasteiger charge is -2.47. The normalized spacial score (nSPS) is 32.9. The number of rotatable bonds is 2. The van der Waals surface area contributed by atoms with E-state index in [0.29, 0.717) is 11.9 Å². The van der Waals surface area contributed by atoms with Gasteiger partial charge in [0.15, 0.2) is 0 Å². The van der Waals surface area contributed by atoms with Crippen molar-refractivity contribution in [3.63, 3.8) is 0 Å². The Morgan fingerprint density at radius 1 is 1.26 bits per heavy atom. The summed E-state index contributed by atoms with van der Waals surface area (Å²) in [6.07, 6.45) is 3.13. The van der Waals surface area contributed by atoms with Gasteiger partial charge in [0.2, 0.25) is 5.91 Å². The second-order valence-electron chi connectivity index (χ2n) is 7.14. The Morgan fingerprint density at radius 3 is 2.53 bits per heavy atom. The van der Waals surface area contributed by atoms with E-state index >= 15 is 0 Å². The summed E-state index contributed by atoms with van der Waals surface area (Å²) in [7, 11) is 0. The van der Waals surface area contributed by atoms with Crippen LogP contribution < -0.4 is 5.73 Å². The monoisotopic (exact) mass is 267 g/mol. The van der Waals surface area contributed by atoms with Gasteiger partial charge < -0.3 is 10.6 Å². The van der Waals surface area contributed by atoms with E-state index in [-0.39, 0.29) is 17.5 Å². The van der Waals surface area contributed by atoms with Crippen molar-refractivity contribution < 1.29 is 4.79 Å². The van der Waals surface area contributed by atoms with Crippen LogP contribution in [0, 0.1) is 5.41 Å². The highest BCUT2D eigenvalue weighted by Crippen LogP contribution is 2.31. The van der Waals surface area contributed by atoms with Gasteiger partial charge in [-0.1, -0.05) is 13.8 Å². The maximum atomic E-state index is 12.6. The molecule has 0 radical (unpaired) electrons. The van der Waals surface area contributed by atoms with Crippen LogP contribution in [-0.2, 0) is 4.79 Å². The highest BCUT2D eigenvalue weighted by molar-refractivity contribution is 5.82. The van der Waals surface area contributed by atoms with Crippen LogP contribution in [0.2, 0.25) is 0 Å². The number of likely N-dealkylation sites (tertiary alicyclic amines) is 2. The van der Waals surface area contributed by atoms with Gasteiger partial charge in [-0.2, -0.15) is 0 Å². The molecule has 0 saturated carbocycles. The molecule has 4 nitrogen and oxygen atoms in total. The largest absolute Gasteiger partial charge is 0.339 e. The molecule has 1 amide bonds. The molecule has 0 aromatic carbocycles. The van der Waals surface area contributed by atoms with Crippen LogP contribution in [0.5, 0.6) is 0 Å². The molecule has 110 valence electrons. The topological polar surface area (TPSA) is 49.6 Å². The second-order valence-corrected chi connectivity index (χ2v) is 7.14. The molecule has 2 heterocycles. The third kappa shape index (κ3) is 2.95. The summed E-state index contributed by atoms with van der Waals surface area (Å²) in [5.74, 6) is 0.326. The number of carbonyl (C=O) groups excluding carboxylic acids is 1. The van der Waals surface area contributed by atoms with Crippen molar-refractivity contribution in [3.05, 3.63) is 0 Å².